The second-order valence-electron chi connectivity index (χ2n) is 8.29. The van der Waals surface area contributed by atoms with Crippen molar-refractivity contribution in [1.29, 1.82) is 0 Å². The lowest BCUT2D eigenvalue weighted by atomic mass is 9.98. The van der Waals surface area contributed by atoms with Gasteiger partial charge in [0.25, 0.3) is 10.0 Å². The molecule has 7 heteroatoms. The smallest absolute Gasteiger partial charge is 0.236 e. The molecule has 0 spiro atoms. The predicted octanol–water partition coefficient (Wildman–Crippen LogP) is 6.05. The molecule has 1 aliphatic rings. The lowest BCUT2D eigenvalue weighted by molar-refractivity contribution is 0.371. The molecule has 2 heterocycles. The van der Waals surface area contributed by atoms with E-state index < -0.39 is 16.1 Å². The number of hydrogen-bond donors (Lipinski definition) is 0. The monoisotopic (exact) mass is 475 g/mol. The highest BCUT2D eigenvalue weighted by atomic mass is 35.5. The Kier molecular flexibility index (Phi) is 5.43. The van der Waals surface area contributed by atoms with Crippen LogP contribution in [0.4, 0.5) is 0 Å². The van der Waals surface area contributed by atoms with E-state index in [9.17, 15) is 8.42 Å². The van der Waals surface area contributed by atoms with Crippen LogP contribution in [-0.2, 0) is 10.0 Å². The van der Waals surface area contributed by atoms with Gasteiger partial charge in [-0.15, -0.1) is 0 Å². The van der Waals surface area contributed by atoms with Gasteiger partial charge in [-0.2, -0.15) is 17.9 Å². The van der Waals surface area contributed by atoms with Crippen LogP contribution >= 0.6 is 11.6 Å². The quantitative estimate of drug-likeness (QED) is 0.338. The SMILES string of the molecule is Cc1ccc(C2=NN(S(=O)(=O)c3ccccc3)C(c3cc4ccc(C)cc4nc3Cl)C2)cc1. The molecule has 33 heavy (non-hydrogen) atoms. The number of sulfonamides is 1. The number of rotatable bonds is 4. The molecule has 4 aromatic rings. The molecule has 0 saturated heterocycles. The first-order valence-corrected chi connectivity index (χ1v) is 12.5. The average Bonchev–Trinajstić information content (AvgIpc) is 3.26. The van der Waals surface area contributed by atoms with E-state index in [1.165, 1.54) is 4.41 Å². The van der Waals surface area contributed by atoms with Gasteiger partial charge in [-0.3, -0.25) is 0 Å². The highest BCUT2D eigenvalue weighted by Gasteiger charge is 2.39. The van der Waals surface area contributed by atoms with Crippen LogP contribution in [0.5, 0.6) is 0 Å². The van der Waals surface area contributed by atoms with Crippen LogP contribution in [0.15, 0.2) is 88.9 Å². The fourth-order valence-corrected chi connectivity index (χ4v) is 5.78. The van der Waals surface area contributed by atoms with Gasteiger partial charge in [-0.05, 0) is 49.2 Å². The minimum absolute atomic E-state index is 0.185. The molecule has 0 amide bonds. The molecule has 1 aromatic heterocycles. The number of benzene rings is 3. The Hall–Kier alpha value is -3.22. The molecule has 0 aliphatic carbocycles. The van der Waals surface area contributed by atoms with E-state index >= 15 is 0 Å². The zero-order valence-electron chi connectivity index (χ0n) is 18.2. The van der Waals surface area contributed by atoms with Crippen molar-refractivity contribution in [2.45, 2.75) is 31.2 Å². The summed E-state index contributed by atoms with van der Waals surface area (Å²) in [4.78, 5) is 4.76. The number of halogens is 1. The van der Waals surface area contributed by atoms with Crippen molar-refractivity contribution in [1.82, 2.24) is 9.40 Å². The van der Waals surface area contributed by atoms with Crippen molar-refractivity contribution >= 4 is 38.2 Å². The van der Waals surface area contributed by atoms with Crippen LogP contribution in [0.1, 0.15) is 34.7 Å². The number of fused-ring (bicyclic) bond motifs is 1. The Bertz CT molecular complexity index is 1480. The molecule has 166 valence electrons. The Morgan fingerprint density at radius 2 is 1.61 bits per heavy atom. The molecule has 5 nitrogen and oxygen atoms in total. The molecule has 1 atom stereocenters. The summed E-state index contributed by atoms with van der Waals surface area (Å²) < 4.78 is 28.4. The first-order chi connectivity index (χ1) is 15.8. The van der Waals surface area contributed by atoms with Crippen LogP contribution in [0, 0.1) is 13.8 Å². The van der Waals surface area contributed by atoms with Gasteiger partial charge in [0.05, 0.1) is 22.2 Å². The van der Waals surface area contributed by atoms with Gasteiger partial charge in [0, 0.05) is 17.4 Å². The van der Waals surface area contributed by atoms with Crippen LogP contribution in [0.2, 0.25) is 5.15 Å². The third-order valence-corrected chi connectivity index (χ3v) is 7.86. The van der Waals surface area contributed by atoms with Gasteiger partial charge in [0.1, 0.15) is 5.15 Å². The maximum absolute atomic E-state index is 13.6. The molecule has 3 aromatic carbocycles. The average molecular weight is 476 g/mol. The molecule has 5 rings (SSSR count). The topological polar surface area (TPSA) is 62.6 Å². The molecule has 0 saturated carbocycles. The standard InChI is InChI=1S/C26H22ClN3O2S/c1-17-8-11-19(12-9-17)24-16-25(30(29-24)33(31,32)21-6-4-3-5-7-21)22-15-20-13-10-18(2)14-23(20)28-26(22)27/h3-15,25H,16H2,1-2H3. The molecular weight excluding hydrogens is 454 g/mol. The molecule has 0 fully saturated rings. The lowest BCUT2D eigenvalue weighted by Gasteiger charge is -2.24. The normalized spacial score (nSPS) is 16.3. The number of aromatic nitrogens is 1. The van der Waals surface area contributed by atoms with Crippen molar-refractivity contribution in [2.75, 3.05) is 0 Å². The second kappa shape index (κ2) is 8.28. The molecule has 0 radical (unpaired) electrons. The summed E-state index contributed by atoms with van der Waals surface area (Å²) in [6.07, 6.45) is 0.397. The number of hydrogen-bond acceptors (Lipinski definition) is 4. The Morgan fingerprint density at radius 3 is 2.33 bits per heavy atom. The number of nitrogens with zero attached hydrogens (tertiary/aromatic N) is 3. The number of aryl methyl sites for hydroxylation is 2. The highest BCUT2D eigenvalue weighted by Crippen LogP contribution is 2.40. The van der Waals surface area contributed by atoms with Gasteiger partial charge in [0.15, 0.2) is 0 Å². The molecule has 0 bridgehead atoms. The van der Waals surface area contributed by atoms with E-state index in [1.807, 2.05) is 62.4 Å². The summed E-state index contributed by atoms with van der Waals surface area (Å²) in [6.45, 7) is 4.01. The zero-order chi connectivity index (χ0) is 23.2. The summed E-state index contributed by atoms with van der Waals surface area (Å²) in [6, 6.07) is 23.5. The summed E-state index contributed by atoms with van der Waals surface area (Å²) >= 11 is 6.63. The highest BCUT2D eigenvalue weighted by molar-refractivity contribution is 7.89. The Labute approximate surface area is 198 Å². The Morgan fingerprint density at radius 1 is 0.909 bits per heavy atom. The molecule has 1 unspecified atom stereocenters. The van der Waals surface area contributed by atoms with E-state index in [0.717, 1.165) is 27.6 Å². The minimum atomic E-state index is -3.90. The number of hydrazone groups is 1. The van der Waals surface area contributed by atoms with Crippen molar-refractivity contribution in [3.63, 3.8) is 0 Å². The van der Waals surface area contributed by atoms with Crippen LogP contribution in [0.3, 0.4) is 0 Å². The maximum Gasteiger partial charge on any atom is 0.279 e. The van der Waals surface area contributed by atoms with Crippen LogP contribution in [-0.4, -0.2) is 23.5 Å². The van der Waals surface area contributed by atoms with Crippen molar-refractivity contribution in [3.8, 4) is 0 Å². The van der Waals surface area contributed by atoms with E-state index in [-0.39, 0.29) is 10.0 Å². The fraction of sp³-hybridized carbons (Fsp3) is 0.154. The van der Waals surface area contributed by atoms with Gasteiger partial charge >= 0.3 is 0 Å². The lowest BCUT2D eigenvalue weighted by Crippen LogP contribution is -2.27. The van der Waals surface area contributed by atoms with Gasteiger partial charge in [-0.1, -0.05) is 71.8 Å². The predicted molar refractivity (Wildman–Crippen MR) is 132 cm³/mol. The molecule has 0 N–H and O–H groups in total. The number of pyridine rings is 1. The minimum Gasteiger partial charge on any atom is -0.236 e. The summed E-state index contributed by atoms with van der Waals surface area (Å²) in [5, 5.41) is 5.79. The van der Waals surface area contributed by atoms with Crippen molar-refractivity contribution in [2.24, 2.45) is 5.10 Å². The maximum atomic E-state index is 13.6. The first-order valence-electron chi connectivity index (χ1n) is 10.6. The fourth-order valence-electron chi connectivity index (χ4n) is 4.07. The van der Waals surface area contributed by atoms with E-state index in [0.29, 0.717) is 17.7 Å². The summed E-state index contributed by atoms with van der Waals surface area (Å²) in [7, 11) is -3.90. The third-order valence-electron chi connectivity index (χ3n) is 5.86. The zero-order valence-corrected chi connectivity index (χ0v) is 19.8. The van der Waals surface area contributed by atoms with E-state index in [1.54, 1.807) is 30.3 Å². The Balaban J connectivity index is 1.65. The van der Waals surface area contributed by atoms with Gasteiger partial charge in [0.2, 0.25) is 0 Å². The van der Waals surface area contributed by atoms with Gasteiger partial charge in [-0.25, -0.2) is 4.98 Å². The molecular formula is C26H22ClN3O2S. The third kappa shape index (κ3) is 4.01. The van der Waals surface area contributed by atoms with Crippen LogP contribution < -0.4 is 0 Å². The first kappa shape index (κ1) is 21.6. The molecule has 1 aliphatic heterocycles. The van der Waals surface area contributed by atoms with Crippen molar-refractivity contribution in [3.05, 3.63) is 106 Å². The summed E-state index contributed by atoms with van der Waals surface area (Å²) in [5.74, 6) is 0. The largest absolute Gasteiger partial charge is 0.279 e. The van der Waals surface area contributed by atoms with Crippen molar-refractivity contribution < 1.29 is 8.42 Å². The van der Waals surface area contributed by atoms with E-state index in [2.05, 4.69) is 10.1 Å². The van der Waals surface area contributed by atoms with Crippen LogP contribution in [0.25, 0.3) is 10.9 Å². The second-order valence-corrected chi connectivity index (χ2v) is 10.4. The van der Waals surface area contributed by atoms with Gasteiger partial charge < -0.3 is 0 Å². The van der Waals surface area contributed by atoms with E-state index in [4.69, 9.17) is 11.6 Å². The summed E-state index contributed by atoms with van der Waals surface area (Å²) in [5.41, 5.74) is 5.20.